The average molecular weight is 464 g/mol. The normalized spacial score (nSPS) is 17.9. The molecule has 6 nitrogen and oxygen atoms in total. The van der Waals surface area contributed by atoms with Crippen LogP contribution in [0.5, 0.6) is 11.5 Å². The Morgan fingerprint density at radius 1 is 0.676 bits per heavy atom. The van der Waals surface area contributed by atoms with Crippen molar-refractivity contribution in [1.82, 2.24) is 14.4 Å². The van der Waals surface area contributed by atoms with Gasteiger partial charge >= 0.3 is 0 Å². The molecule has 182 valence electrons. The van der Waals surface area contributed by atoms with Gasteiger partial charge in [-0.25, -0.2) is 0 Å². The molecule has 1 aromatic heterocycles. The molecule has 0 N–H and O–H groups in total. The Bertz CT molecular complexity index is 1180. The molecule has 3 aromatic rings. The van der Waals surface area contributed by atoms with Crippen LogP contribution in [0.4, 0.5) is 0 Å². The fourth-order valence-electron chi connectivity index (χ4n) is 5.38. The van der Waals surface area contributed by atoms with Gasteiger partial charge in [0.05, 0.1) is 11.0 Å². The Kier molecular flexibility index (Phi) is 7.36. The van der Waals surface area contributed by atoms with Gasteiger partial charge in [-0.3, -0.25) is 14.6 Å². The largest absolute Gasteiger partial charge is 0.492 e. The summed E-state index contributed by atoms with van der Waals surface area (Å²) >= 11 is 0. The van der Waals surface area contributed by atoms with Crippen molar-refractivity contribution < 1.29 is 9.47 Å². The highest BCUT2D eigenvalue weighted by Gasteiger charge is 2.13. The molecule has 2 fully saturated rings. The number of benzene rings is 2. The molecule has 0 atom stereocenters. The molecule has 0 unspecified atom stereocenters. The van der Waals surface area contributed by atoms with E-state index in [-0.39, 0.29) is 5.43 Å². The molecule has 34 heavy (non-hydrogen) atoms. The van der Waals surface area contributed by atoms with Crippen LogP contribution in [0.1, 0.15) is 38.5 Å². The maximum atomic E-state index is 13.3. The first kappa shape index (κ1) is 23.2. The summed E-state index contributed by atoms with van der Waals surface area (Å²) in [6, 6.07) is 11.7. The maximum absolute atomic E-state index is 13.3. The minimum absolute atomic E-state index is 0.0458. The molecule has 0 spiro atoms. The van der Waals surface area contributed by atoms with Crippen LogP contribution in [-0.4, -0.2) is 66.8 Å². The number of rotatable bonds is 8. The van der Waals surface area contributed by atoms with Gasteiger partial charge in [0.25, 0.3) is 0 Å². The van der Waals surface area contributed by atoms with Gasteiger partial charge in [0.1, 0.15) is 24.7 Å². The van der Waals surface area contributed by atoms with Crippen molar-refractivity contribution in [2.24, 2.45) is 7.05 Å². The minimum atomic E-state index is 0.0458. The van der Waals surface area contributed by atoms with Gasteiger partial charge in [-0.2, -0.15) is 0 Å². The number of pyridine rings is 1. The predicted octanol–water partition coefficient (Wildman–Crippen LogP) is 4.42. The molecule has 0 radical (unpaired) electrons. The second-order valence-electron chi connectivity index (χ2n) is 9.75. The number of ether oxygens (including phenoxy) is 2. The first-order chi connectivity index (χ1) is 16.7. The van der Waals surface area contributed by atoms with Gasteiger partial charge < -0.3 is 14.0 Å². The van der Waals surface area contributed by atoms with E-state index in [9.17, 15) is 4.79 Å². The van der Waals surface area contributed by atoms with Gasteiger partial charge in [-0.15, -0.1) is 0 Å². The molecular weight excluding hydrogens is 426 g/mol. The topological polar surface area (TPSA) is 46.9 Å². The van der Waals surface area contributed by atoms with Gasteiger partial charge in [-0.1, -0.05) is 12.8 Å². The number of aromatic nitrogens is 1. The Morgan fingerprint density at radius 2 is 1.24 bits per heavy atom. The third-order valence-corrected chi connectivity index (χ3v) is 7.40. The van der Waals surface area contributed by atoms with Gasteiger partial charge in [0, 0.05) is 37.0 Å². The summed E-state index contributed by atoms with van der Waals surface area (Å²) in [6.07, 6.45) is 7.82. The number of piperidine rings is 2. The first-order valence-corrected chi connectivity index (χ1v) is 13.0. The van der Waals surface area contributed by atoms with E-state index in [4.69, 9.17) is 9.47 Å². The summed E-state index contributed by atoms with van der Waals surface area (Å²) < 4.78 is 14.2. The van der Waals surface area contributed by atoms with Crippen LogP contribution >= 0.6 is 0 Å². The summed E-state index contributed by atoms with van der Waals surface area (Å²) in [7, 11) is 2.01. The number of hydrogen-bond acceptors (Lipinski definition) is 5. The highest BCUT2D eigenvalue weighted by Crippen LogP contribution is 2.25. The molecule has 5 rings (SSSR count). The first-order valence-electron chi connectivity index (χ1n) is 13.0. The lowest BCUT2D eigenvalue weighted by Crippen LogP contribution is -2.33. The van der Waals surface area contributed by atoms with E-state index >= 15 is 0 Å². The van der Waals surface area contributed by atoms with Crippen LogP contribution in [0.2, 0.25) is 0 Å². The van der Waals surface area contributed by atoms with E-state index in [1.165, 1.54) is 51.6 Å². The lowest BCUT2D eigenvalue weighted by molar-refractivity contribution is 0.183. The Hall–Kier alpha value is -2.57. The van der Waals surface area contributed by atoms with Crippen molar-refractivity contribution in [2.45, 2.75) is 38.5 Å². The zero-order valence-electron chi connectivity index (χ0n) is 20.4. The van der Waals surface area contributed by atoms with Crippen LogP contribution in [0.3, 0.4) is 0 Å². The fraction of sp³-hybridized carbons (Fsp3) is 0.536. The molecule has 2 aliphatic rings. The monoisotopic (exact) mass is 463 g/mol. The van der Waals surface area contributed by atoms with E-state index in [1.807, 2.05) is 43.4 Å². The lowest BCUT2D eigenvalue weighted by atomic mass is 10.1. The second-order valence-corrected chi connectivity index (χ2v) is 9.75. The number of hydrogen-bond donors (Lipinski definition) is 0. The van der Waals surface area contributed by atoms with Crippen LogP contribution < -0.4 is 14.9 Å². The summed E-state index contributed by atoms with van der Waals surface area (Å²) in [4.78, 5) is 18.3. The van der Waals surface area contributed by atoms with Crippen LogP contribution in [0.25, 0.3) is 21.8 Å². The molecular formula is C28H37N3O3. The van der Waals surface area contributed by atoms with E-state index in [0.717, 1.165) is 48.7 Å². The van der Waals surface area contributed by atoms with Gasteiger partial charge in [0.15, 0.2) is 5.43 Å². The zero-order chi connectivity index (χ0) is 23.3. The van der Waals surface area contributed by atoms with E-state index in [0.29, 0.717) is 24.0 Å². The lowest BCUT2D eigenvalue weighted by Gasteiger charge is -2.26. The summed E-state index contributed by atoms with van der Waals surface area (Å²) in [5.74, 6) is 1.58. The second kappa shape index (κ2) is 10.8. The van der Waals surface area contributed by atoms with Crippen molar-refractivity contribution in [3.63, 3.8) is 0 Å². The van der Waals surface area contributed by atoms with Crippen molar-refractivity contribution in [1.29, 1.82) is 0 Å². The van der Waals surface area contributed by atoms with Crippen molar-refractivity contribution in [2.75, 3.05) is 52.5 Å². The van der Waals surface area contributed by atoms with Crippen molar-refractivity contribution >= 4 is 21.8 Å². The standard InChI is InChI=1S/C28H37N3O3/c1-29-26-11-9-22(33-18-16-30-12-4-2-5-13-30)20-25(26)28(32)24-10-8-23(21-27(24)29)34-19-17-31-14-6-3-7-15-31/h8-11,20-21H,2-7,12-19H2,1H3. The summed E-state index contributed by atoms with van der Waals surface area (Å²) in [6.45, 7) is 7.89. The number of likely N-dealkylation sites (tertiary alicyclic amines) is 2. The SMILES string of the molecule is Cn1c2ccc(OCCN3CCCCC3)cc2c(=O)c2ccc(OCCN3CCCCC3)cc21. The van der Waals surface area contributed by atoms with E-state index in [2.05, 4.69) is 14.4 Å². The molecule has 2 aliphatic heterocycles. The summed E-state index contributed by atoms with van der Waals surface area (Å²) in [5.41, 5.74) is 1.85. The predicted molar refractivity (Wildman–Crippen MR) is 138 cm³/mol. The third kappa shape index (κ3) is 5.23. The number of aryl methyl sites for hydroxylation is 1. The molecule has 0 amide bonds. The zero-order valence-corrected chi connectivity index (χ0v) is 20.4. The fourth-order valence-corrected chi connectivity index (χ4v) is 5.38. The molecule has 3 heterocycles. The third-order valence-electron chi connectivity index (χ3n) is 7.40. The van der Waals surface area contributed by atoms with E-state index < -0.39 is 0 Å². The number of fused-ring (bicyclic) bond motifs is 2. The number of nitrogens with zero attached hydrogens (tertiary/aromatic N) is 3. The molecule has 0 aliphatic carbocycles. The van der Waals surface area contributed by atoms with Gasteiger partial charge in [0.2, 0.25) is 0 Å². The van der Waals surface area contributed by atoms with Crippen LogP contribution in [-0.2, 0) is 7.05 Å². The van der Waals surface area contributed by atoms with Crippen LogP contribution in [0, 0.1) is 0 Å². The maximum Gasteiger partial charge on any atom is 0.197 e. The minimum Gasteiger partial charge on any atom is -0.492 e. The Labute approximate surface area is 202 Å². The summed E-state index contributed by atoms with van der Waals surface area (Å²) in [5, 5.41) is 1.41. The van der Waals surface area contributed by atoms with Crippen molar-refractivity contribution in [3.8, 4) is 11.5 Å². The molecule has 0 saturated carbocycles. The smallest absolute Gasteiger partial charge is 0.197 e. The van der Waals surface area contributed by atoms with Crippen molar-refractivity contribution in [3.05, 3.63) is 46.6 Å². The molecule has 2 aromatic carbocycles. The van der Waals surface area contributed by atoms with E-state index in [1.54, 1.807) is 0 Å². The average Bonchev–Trinajstić information content (AvgIpc) is 2.88. The molecule has 6 heteroatoms. The van der Waals surface area contributed by atoms with Gasteiger partial charge in [-0.05, 0) is 82.2 Å². The molecule has 2 saturated heterocycles. The Balaban J connectivity index is 1.30. The quantitative estimate of drug-likeness (QED) is 0.463. The Morgan fingerprint density at radius 3 is 1.85 bits per heavy atom. The van der Waals surface area contributed by atoms with Crippen LogP contribution in [0.15, 0.2) is 41.2 Å². The highest BCUT2D eigenvalue weighted by atomic mass is 16.5. The highest BCUT2D eigenvalue weighted by molar-refractivity contribution is 5.94. The molecule has 0 bridgehead atoms.